The van der Waals surface area contributed by atoms with E-state index >= 15 is 0 Å². The van der Waals surface area contributed by atoms with Gasteiger partial charge in [-0.3, -0.25) is 4.79 Å². The molecule has 1 amide bonds. The average Bonchev–Trinajstić information content (AvgIpc) is 2.89. The summed E-state index contributed by atoms with van der Waals surface area (Å²) in [5.41, 5.74) is 0. The molecule has 1 saturated heterocycles. The lowest BCUT2D eigenvalue weighted by Crippen LogP contribution is -2.44. The molecule has 3 atom stereocenters. The SMILES string of the molecule is O=C(N[C@@H]1CO[C@H](CO)[C@H]1O)c1cccs1. The van der Waals surface area contributed by atoms with Gasteiger partial charge in [0.05, 0.1) is 24.1 Å². The predicted octanol–water partition coefficient (Wildman–Crippen LogP) is -0.401. The maximum Gasteiger partial charge on any atom is 0.261 e. The molecule has 1 aliphatic heterocycles. The summed E-state index contributed by atoms with van der Waals surface area (Å²) >= 11 is 1.34. The Morgan fingerprint density at radius 1 is 1.69 bits per heavy atom. The topological polar surface area (TPSA) is 78.8 Å². The summed E-state index contributed by atoms with van der Waals surface area (Å²) < 4.78 is 5.13. The summed E-state index contributed by atoms with van der Waals surface area (Å²) in [4.78, 5) is 12.3. The van der Waals surface area contributed by atoms with Crippen LogP contribution < -0.4 is 5.32 Å². The van der Waals surface area contributed by atoms with Crippen LogP contribution in [0.4, 0.5) is 0 Å². The number of carbonyl (C=O) groups is 1. The van der Waals surface area contributed by atoms with Crippen molar-refractivity contribution in [2.24, 2.45) is 0 Å². The van der Waals surface area contributed by atoms with E-state index < -0.39 is 18.2 Å². The summed E-state index contributed by atoms with van der Waals surface area (Å²) in [5, 5.41) is 23.1. The monoisotopic (exact) mass is 243 g/mol. The number of hydrogen-bond donors (Lipinski definition) is 3. The van der Waals surface area contributed by atoms with Crippen LogP contribution in [-0.4, -0.2) is 47.6 Å². The second-order valence-electron chi connectivity index (χ2n) is 3.60. The van der Waals surface area contributed by atoms with Gasteiger partial charge in [-0.2, -0.15) is 0 Å². The summed E-state index contributed by atoms with van der Waals surface area (Å²) in [7, 11) is 0. The third-order valence-corrected chi connectivity index (χ3v) is 3.39. The van der Waals surface area contributed by atoms with Gasteiger partial charge in [0.25, 0.3) is 5.91 Å². The number of amides is 1. The average molecular weight is 243 g/mol. The molecule has 3 N–H and O–H groups in total. The highest BCUT2D eigenvalue weighted by molar-refractivity contribution is 7.12. The van der Waals surface area contributed by atoms with Crippen LogP contribution >= 0.6 is 11.3 Å². The van der Waals surface area contributed by atoms with Crippen molar-refractivity contribution in [3.8, 4) is 0 Å². The molecular weight excluding hydrogens is 230 g/mol. The molecule has 0 aromatic carbocycles. The van der Waals surface area contributed by atoms with E-state index in [1.165, 1.54) is 11.3 Å². The fraction of sp³-hybridized carbons (Fsp3) is 0.500. The molecule has 5 nitrogen and oxygen atoms in total. The van der Waals surface area contributed by atoms with Crippen LogP contribution in [0.2, 0.25) is 0 Å². The Kier molecular flexibility index (Phi) is 3.55. The maximum atomic E-state index is 11.7. The molecule has 0 spiro atoms. The van der Waals surface area contributed by atoms with E-state index in [9.17, 15) is 9.90 Å². The zero-order valence-corrected chi connectivity index (χ0v) is 9.31. The highest BCUT2D eigenvalue weighted by Crippen LogP contribution is 2.15. The summed E-state index contributed by atoms with van der Waals surface area (Å²) in [6.07, 6.45) is -1.46. The van der Waals surface area contributed by atoms with Gasteiger partial charge in [0.1, 0.15) is 12.2 Å². The quantitative estimate of drug-likeness (QED) is 0.675. The van der Waals surface area contributed by atoms with Gasteiger partial charge in [0.15, 0.2) is 0 Å². The molecule has 1 aromatic heterocycles. The first-order valence-corrected chi connectivity index (χ1v) is 5.85. The zero-order valence-electron chi connectivity index (χ0n) is 8.50. The van der Waals surface area contributed by atoms with Gasteiger partial charge < -0.3 is 20.3 Å². The van der Waals surface area contributed by atoms with Crippen LogP contribution in [0.25, 0.3) is 0 Å². The number of aliphatic hydroxyl groups is 2. The molecule has 1 aliphatic rings. The number of aliphatic hydroxyl groups excluding tert-OH is 2. The number of ether oxygens (including phenoxy) is 1. The minimum atomic E-state index is -0.853. The Bertz CT molecular complexity index is 354. The van der Waals surface area contributed by atoms with E-state index in [1.807, 2.05) is 5.38 Å². The van der Waals surface area contributed by atoms with E-state index in [0.717, 1.165) is 0 Å². The first-order valence-electron chi connectivity index (χ1n) is 4.97. The van der Waals surface area contributed by atoms with Gasteiger partial charge in [-0.05, 0) is 11.4 Å². The van der Waals surface area contributed by atoms with Gasteiger partial charge in [-0.1, -0.05) is 6.07 Å². The Morgan fingerprint density at radius 3 is 3.06 bits per heavy atom. The summed E-state index contributed by atoms with van der Waals surface area (Å²) in [6.45, 7) is -0.0178. The zero-order chi connectivity index (χ0) is 11.5. The van der Waals surface area contributed by atoms with Gasteiger partial charge in [-0.15, -0.1) is 11.3 Å². The standard InChI is InChI=1S/C10H13NO4S/c12-4-7-9(13)6(5-15-7)11-10(14)8-2-1-3-16-8/h1-3,6-7,9,12-13H,4-5H2,(H,11,14)/t6-,7-,9+/m1/s1. The fourth-order valence-electron chi connectivity index (χ4n) is 1.62. The van der Waals surface area contributed by atoms with Crippen molar-refractivity contribution in [3.63, 3.8) is 0 Å². The Labute approximate surface area is 96.7 Å². The fourth-order valence-corrected chi connectivity index (χ4v) is 2.25. The largest absolute Gasteiger partial charge is 0.394 e. The van der Waals surface area contributed by atoms with E-state index in [-0.39, 0.29) is 19.1 Å². The Hall–Kier alpha value is -0.950. The van der Waals surface area contributed by atoms with Gasteiger partial charge in [0, 0.05) is 0 Å². The number of carbonyl (C=O) groups excluding carboxylic acids is 1. The molecule has 6 heteroatoms. The van der Waals surface area contributed by atoms with Gasteiger partial charge in [-0.25, -0.2) is 0 Å². The third-order valence-electron chi connectivity index (χ3n) is 2.52. The highest BCUT2D eigenvalue weighted by atomic mass is 32.1. The van der Waals surface area contributed by atoms with Crippen LogP contribution in [0.3, 0.4) is 0 Å². The number of rotatable bonds is 3. The lowest BCUT2D eigenvalue weighted by atomic mass is 10.1. The van der Waals surface area contributed by atoms with Crippen LogP contribution in [-0.2, 0) is 4.74 Å². The second-order valence-corrected chi connectivity index (χ2v) is 4.55. The normalized spacial score (nSPS) is 29.2. The van der Waals surface area contributed by atoms with Crippen molar-refractivity contribution in [2.75, 3.05) is 13.2 Å². The molecule has 1 aromatic rings. The minimum Gasteiger partial charge on any atom is -0.394 e. The van der Waals surface area contributed by atoms with Crippen molar-refractivity contribution >= 4 is 17.2 Å². The van der Waals surface area contributed by atoms with Crippen molar-refractivity contribution in [1.29, 1.82) is 0 Å². The molecule has 1 fully saturated rings. The molecule has 0 bridgehead atoms. The number of thiophene rings is 1. The van der Waals surface area contributed by atoms with Crippen molar-refractivity contribution in [2.45, 2.75) is 18.2 Å². The van der Waals surface area contributed by atoms with E-state index in [0.29, 0.717) is 4.88 Å². The Balaban J connectivity index is 1.94. The van der Waals surface area contributed by atoms with Crippen LogP contribution in [0.15, 0.2) is 17.5 Å². The smallest absolute Gasteiger partial charge is 0.261 e. The second kappa shape index (κ2) is 4.92. The van der Waals surface area contributed by atoms with E-state index in [2.05, 4.69) is 5.32 Å². The molecule has 0 saturated carbocycles. The van der Waals surface area contributed by atoms with Crippen LogP contribution in [0.5, 0.6) is 0 Å². The highest BCUT2D eigenvalue weighted by Gasteiger charge is 2.36. The van der Waals surface area contributed by atoms with Gasteiger partial charge >= 0.3 is 0 Å². The van der Waals surface area contributed by atoms with E-state index in [1.54, 1.807) is 12.1 Å². The van der Waals surface area contributed by atoms with Gasteiger partial charge in [0.2, 0.25) is 0 Å². The van der Waals surface area contributed by atoms with Crippen LogP contribution in [0, 0.1) is 0 Å². The third kappa shape index (κ3) is 2.25. The van der Waals surface area contributed by atoms with E-state index in [4.69, 9.17) is 9.84 Å². The number of nitrogens with one attached hydrogen (secondary N) is 1. The molecular formula is C10H13NO4S. The number of hydrogen-bond acceptors (Lipinski definition) is 5. The van der Waals surface area contributed by atoms with Crippen molar-refractivity contribution < 1.29 is 19.7 Å². The molecule has 0 radical (unpaired) electrons. The maximum absolute atomic E-state index is 11.7. The molecule has 2 rings (SSSR count). The Morgan fingerprint density at radius 2 is 2.50 bits per heavy atom. The first kappa shape index (κ1) is 11.5. The molecule has 88 valence electrons. The summed E-state index contributed by atoms with van der Waals surface area (Å²) in [5.74, 6) is -0.221. The minimum absolute atomic E-state index is 0.221. The lowest BCUT2D eigenvalue weighted by Gasteiger charge is -2.16. The van der Waals surface area contributed by atoms with Crippen LogP contribution in [0.1, 0.15) is 9.67 Å². The predicted molar refractivity (Wildman–Crippen MR) is 58.4 cm³/mol. The molecule has 2 heterocycles. The molecule has 0 unspecified atom stereocenters. The first-order chi connectivity index (χ1) is 7.72. The lowest BCUT2D eigenvalue weighted by molar-refractivity contribution is 0.00278. The summed E-state index contributed by atoms with van der Waals surface area (Å²) in [6, 6.07) is 3.05. The van der Waals surface area contributed by atoms with Crippen molar-refractivity contribution in [1.82, 2.24) is 5.32 Å². The molecule has 0 aliphatic carbocycles. The van der Waals surface area contributed by atoms with Crippen molar-refractivity contribution in [3.05, 3.63) is 22.4 Å². The molecule has 16 heavy (non-hydrogen) atoms.